The Morgan fingerprint density at radius 1 is 1.00 bits per heavy atom. The molecular formula is C30H31N5O2. The number of amides is 1. The van der Waals surface area contributed by atoms with E-state index in [-0.39, 0.29) is 18.1 Å². The van der Waals surface area contributed by atoms with Crippen LogP contribution >= 0.6 is 0 Å². The van der Waals surface area contributed by atoms with Crippen LogP contribution < -0.4 is 10.2 Å². The van der Waals surface area contributed by atoms with E-state index in [9.17, 15) is 9.90 Å². The topological polar surface area (TPSA) is 94.1 Å². The van der Waals surface area contributed by atoms with Crippen molar-refractivity contribution in [3.8, 4) is 11.3 Å². The molecule has 1 aliphatic carbocycles. The number of carbonyl (C=O) groups excluding carboxylic acids is 1. The van der Waals surface area contributed by atoms with E-state index < -0.39 is 0 Å². The van der Waals surface area contributed by atoms with Gasteiger partial charge in [0, 0.05) is 40.5 Å². The molecule has 4 heterocycles. The van der Waals surface area contributed by atoms with Gasteiger partial charge in [0.05, 0.1) is 29.1 Å². The fourth-order valence-electron chi connectivity index (χ4n) is 6.38. The lowest BCUT2D eigenvalue weighted by Crippen LogP contribution is -2.44. The molecule has 2 aromatic carbocycles. The van der Waals surface area contributed by atoms with Crippen LogP contribution in [0.15, 0.2) is 66.9 Å². The molecular weight excluding hydrogens is 462 g/mol. The average Bonchev–Trinajstić information content (AvgIpc) is 3.62. The number of aliphatic hydroxyl groups is 1. The Hall–Kier alpha value is -3.71. The zero-order chi connectivity index (χ0) is 24.9. The Kier molecular flexibility index (Phi) is 5.47. The third-order valence-corrected chi connectivity index (χ3v) is 8.36. The van der Waals surface area contributed by atoms with E-state index in [0.29, 0.717) is 23.6 Å². The van der Waals surface area contributed by atoms with Gasteiger partial charge in [0.15, 0.2) is 0 Å². The van der Waals surface area contributed by atoms with Crippen molar-refractivity contribution in [3.05, 3.63) is 78.1 Å². The van der Waals surface area contributed by atoms with Gasteiger partial charge in [0.1, 0.15) is 0 Å². The van der Waals surface area contributed by atoms with Crippen LogP contribution in [0.4, 0.5) is 5.69 Å². The Morgan fingerprint density at radius 3 is 2.49 bits per heavy atom. The van der Waals surface area contributed by atoms with E-state index in [2.05, 4.69) is 49.7 Å². The Balaban J connectivity index is 1.14. The van der Waals surface area contributed by atoms with E-state index in [0.717, 1.165) is 66.4 Å². The first-order valence-corrected chi connectivity index (χ1v) is 13.4. The minimum absolute atomic E-state index is 0.0630. The van der Waals surface area contributed by atoms with E-state index in [1.165, 1.54) is 5.69 Å². The van der Waals surface area contributed by atoms with Crippen molar-refractivity contribution in [2.75, 3.05) is 4.90 Å². The Morgan fingerprint density at radius 2 is 1.78 bits per heavy atom. The van der Waals surface area contributed by atoms with Crippen LogP contribution in [0.25, 0.3) is 22.2 Å². The summed E-state index contributed by atoms with van der Waals surface area (Å²) in [4.78, 5) is 20.3. The SMILES string of the molecule is O=C(N[C@H](c1ccccn1)C1CC1)c1ccc2[nH]nc(-c3ccc(N4[C@@H]5CC[C@H]4CC(O)C5)cc3)c2c1. The van der Waals surface area contributed by atoms with E-state index >= 15 is 0 Å². The molecule has 1 unspecified atom stereocenters. The smallest absolute Gasteiger partial charge is 0.251 e. The zero-order valence-corrected chi connectivity index (χ0v) is 20.7. The summed E-state index contributed by atoms with van der Waals surface area (Å²) in [7, 11) is 0. The van der Waals surface area contributed by atoms with Gasteiger partial charge in [0.25, 0.3) is 5.91 Å². The lowest BCUT2D eigenvalue weighted by Gasteiger charge is -2.39. The number of aromatic amines is 1. The van der Waals surface area contributed by atoms with Crippen molar-refractivity contribution < 1.29 is 9.90 Å². The first kappa shape index (κ1) is 22.5. The lowest BCUT2D eigenvalue weighted by atomic mass is 9.98. The summed E-state index contributed by atoms with van der Waals surface area (Å²) in [5, 5.41) is 22.0. The highest BCUT2D eigenvalue weighted by molar-refractivity contribution is 6.01. The molecule has 1 saturated carbocycles. The summed E-state index contributed by atoms with van der Waals surface area (Å²) in [6.45, 7) is 0. The summed E-state index contributed by atoms with van der Waals surface area (Å²) in [5.74, 6) is 0.360. The third-order valence-electron chi connectivity index (χ3n) is 8.36. The Bertz CT molecular complexity index is 1420. The first-order chi connectivity index (χ1) is 18.1. The van der Waals surface area contributed by atoms with Gasteiger partial charge >= 0.3 is 0 Å². The van der Waals surface area contributed by atoms with Crippen LogP contribution in [0.3, 0.4) is 0 Å². The number of aromatic nitrogens is 3. The van der Waals surface area contributed by atoms with Crippen LogP contribution in [0.2, 0.25) is 0 Å². The quantitative estimate of drug-likeness (QED) is 0.352. The molecule has 188 valence electrons. The number of benzene rings is 2. The van der Waals surface area contributed by atoms with Crippen molar-refractivity contribution in [2.24, 2.45) is 5.92 Å². The number of rotatable bonds is 6. The standard InChI is InChI=1S/C30H31N5O2/c36-24-16-22-11-12-23(17-24)35(22)21-9-6-18(7-10-21)28-25-15-20(8-13-26(25)33-34-28)30(37)32-29(19-4-5-19)27-3-1-2-14-31-27/h1-3,6-10,13-15,19,22-24,29,36H,4-5,11-12,16-17H2,(H,32,37)(H,33,34)/t22-,23+,24?,29-/m0/s1. The number of H-pyrrole nitrogens is 1. The molecule has 2 saturated heterocycles. The van der Waals surface area contributed by atoms with E-state index in [1.54, 1.807) is 6.20 Å². The number of aliphatic hydroxyl groups excluding tert-OH is 1. The molecule has 4 aromatic rings. The van der Waals surface area contributed by atoms with Gasteiger partial charge in [-0.3, -0.25) is 14.9 Å². The van der Waals surface area contributed by atoms with Crippen LogP contribution in [-0.2, 0) is 0 Å². The van der Waals surface area contributed by atoms with Gasteiger partial charge in [-0.2, -0.15) is 5.10 Å². The van der Waals surface area contributed by atoms with E-state index in [1.807, 2.05) is 36.4 Å². The third kappa shape index (κ3) is 4.17. The van der Waals surface area contributed by atoms with Gasteiger partial charge in [-0.05, 0) is 86.9 Å². The number of carbonyl (C=O) groups is 1. The van der Waals surface area contributed by atoms with Crippen LogP contribution in [0, 0.1) is 5.92 Å². The minimum Gasteiger partial charge on any atom is -0.393 e. The normalized spacial score (nSPS) is 23.8. The van der Waals surface area contributed by atoms with Crippen molar-refractivity contribution in [2.45, 2.75) is 62.8 Å². The highest BCUT2D eigenvalue weighted by Crippen LogP contribution is 2.41. The molecule has 2 aliphatic heterocycles. The van der Waals surface area contributed by atoms with Gasteiger partial charge in [-0.15, -0.1) is 0 Å². The van der Waals surface area contributed by atoms with Crippen molar-refractivity contribution in [1.82, 2.24) is 20.5 Å². The van der Waals surface area contributed by atoms with E-state index in [4.69, 9.17) is 0 Å². The van der Waals surface area contributed by atoms with Crippen molar-refractivity contribution in [1.29, 1.82) is 0 Å². The number of hydrogen-bond acceptors (Lipinski definition) is 5. The molecule has 3 aliphatic rings. The molecule has 3 N–H and O–H groups in total. The maximum Gasteiger partial charge on any atom is 0.251 e. The summed E-state index contributed by atoms with van der Waals surface area (Å²) in [5.41, 5.74) is 5.51. The van der Waals surface area contributed by atoms with Gasteiger partial charge < -0.3 is 15.3 Å². The molecule has 0 radical (unpaired) electrons. The number of pyridine rings is 1. The largest absolute Gasteiger partial charge is 0.393 e. The van der Waals surface area contributed by atoms with Crippen molar-refractivity contribution >= 4 is 22.5 Å². The summed E-state index contributed by atoms with van der Waals surface area (Å²) >= 11 is 0. The molecule has 7 heteroatoms. The molecule has 7 rings (SSSR count). The van der Waals surface area contributed by atoms with Gasteiger partial charge in [-0.1, -0.05) is 18.2 Å². The molecule has 0 spiro atoms. The van der Waals surface area contributed by atoms with Gasteiger partial charge in [-0.25, -0.2) is 0 Å². The lowest BCUT2D eigenvalue weighted by molar-refractivity contribution is 0.0930. The second kappa shape index (κ2) is 8.99. The number of fused-ring (bicyclic) bond motifs is 3. The molecule has 4 atom stereocenters. The van der Waals surface area contributed by atoms with Gasteiger partial charge in [0.2, 0.25) is 0 Å². The average molecular weight is 494 g/mol. The summed E-state index contributed by atoms with van der Waals surface area (Å²) in [6, 6.07) is 20.9. The summed E-state index contributed by atoms with van der Waals surface area (Å²) in [6.07, 6.45) is 7.86. The fourth-order valence-corrected chi connectivity index (χ4v) is 6.38. The maximum atomic E-state index is 13.3. The van der Waals surface area contributed by atoms with Crippen molar-refractivity contribution in [3.63, 3.8) is 0 Å². The highest BCUT2D eigenvalue weighted by atomic mass is 16.3. The molecule has 2 bridgehead atoms. The molecule has 37 heavy (non-hydrogen) atoms. The van der Waals surface area contributed by atoms with Crippen LogP contribution in [0.1, 0.15) is 60.6 Å². The highest BCUT2D eigenvalue weighted by Gasteiger charge is 2.40. The number of hydrogen-bond donors (Lipinski definition) is 3. The summed E-state index contributed by atoms with van der Waals surface area (Å²) < 4.78 is 0. The second-order valence-electron chi connectivity index (χ2n) is 10.8. The Labute approximate surface area is 215 Å². The fraction of sp³-hybridized carbons (Fsp3) is 0.367. The predicted octanol–water partition coefficient (Wildman–Crippen LogP) is 5.00. The number of anilines is 1. The van der Waals surface area contributed by atoms with Crippen LogP contribution in [0.5, 0.6) is 0 Å². The maximum absolute atomic E-state index is 13.3. The molecule has 1 amide bonds. The second-order valence-corrected chi connectivity index (χ2v) is 10.8. The zero-order valence-electron chi connectivity index (χ0n) is 20.7. The number of nitrogens with zero attached hydrogens (tertiary/aromatic N) is 3. The number of nitrogens with one attached hydrogen (secondary N) is 2. The molecule has 7 nitrogen and oxygen atoms in total. The minimum atomic E-state index is -0.168. The first-order valence-electron chi connectivity index (χ1n) is 13.4. The monoisotopic (exact) mass is 493 g/mol. The number of piperidine rings is 1. The van der Waals surface area contributed by atoms with Crippen LogP contribution in [-0.4, -0.2) is 44.4 Å². The predicted molar refractivity (Wildman–Crippen MR) is 143 cm³/mol. The molecule has 2 aromatic heterocycles. The molecule has 3 fully saturated rings.